The molecule has 116 valence electrons. The van der Waals surface area contributed by atoms with Gasteiger partial charge in [-0.05, 0) is 52.3 Å². The Hall–Kier alpha value is -2.11. The van der Waals surface area contributed by atoms with Gasteiger partial charge in [0.25, 0.3) is 0 Å². The third kappa shape index (κ3) is 5.81. The quantitative estimate of drug-likeness (QED) is 0.901. The zero-order chi connectivity index (χ0) is 16.2. The van der Waals surface area contributed by atoms with Gasteiger partial charge in [-0.1, -0.05) is 6.07 Å². The van der Waals surface area contributed by atoms with E-state index < -0.39 is 29.5 Å². The highest BCUT2D eigenvalue weighted by atomic mass is 19.1. The maximum absolute atomic E-state index is 13.6. The van der Waals surface area contributed by atoms with Crippen LogP contribution in [0.1, 0.15) is 33.3 Å². The lowest BCUT2D eigenvalue weighted by Crippen LogP contribution is -2.44. The Morgan fingerprint density at radius 1 is 1.29 bits per heavy atom. The predicted molar refractivity (Wildman–Crippen MR) is 78.6 cm³/mol. The third-order valence-corrected chi connectivity index (χ3v) is 2.51. The summed E-state index contributed by atoms with van der Waals surface area (Å²) in [4.78, 5) is 23.5. The summed E-state index contributed by atoms with van der Waals surface area (Å²) >= 11 is 0. The van der Waals surface area contributed by atoms with Crippen LogP contribution in [-0.4, -0.2) is 23.6 Å². The van der Waals surface area contributed by atoms with Crippen LogP contribution in [-0.2, 0) is 9.53 Å². The van der Waals surface area contributed by atoms with Crippen LogP contribution in [0.3, 0.4) is 0 Å². The molecule has 6 heteroatoms. The van der Waals surface area contributed by atoms with Gasteiger partial charge >= 0.3 is 6.09 Å². The number of alkyl carbamates (subject to hydrolysis) is 1. The van der Waals surface area contributed by atoms with Gasteiger partial charge in [-0.25, -0.2) is 9.18 Å². The van der Waals surface area contributed by atoms with Crippen molar-refractivity contribution >= 4 is 17.7 Å². The number of carbonyl (C=O) groups excluding carboxylic acids is 2. The van der Waals surface area contributed by atoms with Crippen molar-refractivity contribution in [1.29, 1.82) is 0 Å². The minimum absolute atomic E-state index is 0.0726. The Bertz CT molecular complexity index is 538. The molecular weight excluding hydrogens is 275 g/mol. The van der Waals surface area contributed by atoms with E-state index in [2.05, 4.69) is 10.6 Å². The van der Waals surface area contributed by atoms with Gasteiger partial charge in [0.05, 0.1) is 5.69 Å². The maximum Gasteiger partial charge on any atom is 0.408 e. The lowest BCUT2D eigenvalue weighted by molar-refractivity contribution is -0.117. The van der Waals surface area contributed by atoms with Gasteiger partial charge in [-0.3, -0.25) is 4.79 Å². The van der Waals surface area contributed by atoms with E-state index in [4.69, 9.17) is 4.74 Å². The predicted octanol–water partition coefficient (Wildman–Crippen LogP) is 2.99. The Kier molecular flexibility index (Phi) is 5.29. The zero-order valence-corrected chi connectivity index (χ0v) is 12.9. The molecule has 0 spiro atoms. The summed E-state index contributed by atoms with van der Waals surface area (Å²) in [6, 6.07) is 3.63. The molecule has 1 aromatic rings. The summed E-state index contributed by atoms with van der Waals surface area (Å²) in [5, 5.41) is 4.81. The molecule has 0 saturated heterocycles. The molecule has 2 N–H and O–H groups in total. The molecule has 0 saturated carbocycles. The highest BCUT2D eigenvalue weighted by molar-refractivity contribution is 5.96. The molecule has 0 aliphatic carbocycles. The third-order valence-electron chi connectivity index (χ3n) is 2.51. The number of hydrogen-bond acceptors (Lipinski definition) is 3. The number of ether oxygens (including phenoxy) is 1. The molecule has 0 heterocycles. The normalized spacial score (nSPS) is 12.5. The number of amides is 2. The second kappa shape index (κ2) is 6.56. The van der Waals surface area contributed by atoms with Crippen LogP contribution in [0.4, 0.5) is 14.9 Å². The van der Waals surface area contributed by atoms with E-state index in [-0.39, 0.29) is 5.69 Å². The highest BCUT2D eigenvalue weighted by Gasteiger charge is 2.21. The van der Waals surface area contributed by atoms with Gasteiger partial charge in [-0.2, -0.15) is 0 Å². The van der Waals surface area contributed by atoms with Crippen molar-refractivity contribution in [3.8, 4) is 0 Å². The van der Waals surface area contributed by atoms with Crippen molar-refractivity contribution in [3.05, 3.63) is 29.6 Å². The van der Waals surface area contributed by atoms with E-state index >= 15 is 0 Å². The minimum Gasteiger partial charge on any atom is -0.444 e. The Morgan fingerprint density at radius 3 is 2.43 bits per heavy atom. The van der Waals surface area contributed by atoms with E-state index in [0.29, 0.717) is 0 Å². The van der Waals surface area contributed by atoms with Gasteiger partial charge in [0.2, 0.25) is 5.91 Å². The lowest BCUT2D eigenvalue weighted by atomic mass is 10.2. The summed E-state index contributed by atoms with van der Waals surface area (Å²) in [6.07, 6.45) is -0.700. The number of carbonyl (C=O) groups is 2. The fraction of sp³-hybridized carbons (Fsp3) is 0.467. The number of aryl methyl sites for hydroxylation is 1. The second-order valence-corrected chi connectivity index (χ2v) is 5.84. The van der Waals surface area contributed by atoms with Crippen LogP contribution in [0.5, 0.6) is 0 Å². The Balaban J connectivity index is 2.61. The SMILES string of the molecule is Cc1ccc(NC(=O)C(C)NC(=O)OC(C)(C)C)c(F)c1. The first-order valence-electron chi connectivity index (χ1n) is 6.65. The van der Waals surface area contributed by atoms with Gasteiger partial charge in [0.1, 0.15) is 17.5 Å². The summed E-state index contributed by atoms with van der Waals surface area (Å²) in [6.45, 7) is 8.41. The summed E-state index contributed by atoms with van der Waals surface area (Å²) < 4.78 is 18.7. The smallest absolute Gasteiger partial charge is 0.408 e. The molecule has 5 nitrogen and oxygen atoms in total. The molecular formula is C15H21FN2O3. The first-order valence-corrected chi connectivity index (χ1v) is 6.65. The van der Waals surface area contributed by atoms with E-state index in [1.54, 1.807) is 33.8 Å². The molecule has 0 aromatic heterocycles. The first-order chi connectivity index (χ1) is 9.58. The van der Waals surface area contributed by atoms with Gasteiger partial charge < -0.3 is 15.4 Å². The van der Waals surface area contributed by atoms with Crippen molar-refractivity contribution in [2.45, 2.75) is 46.3 Å². The highest BCUT2D eigenvalue weighted by Crippen LogP contribution is 2.15. The lowest BCUT2D eigenvalue weighted by Gasteiger charge is -2.21. The average Bonchev–Trinajstić information content (AvgIpc) is 2.29. The fourth-order valence-corrected chi connectivity index (χ4v) is 1.51. The Labute approximate surface area is 123 Å². The molecule has 0 radical (unpaired) electrons. The first kappa shape index (κ1) is 16.9. The molecule has 1 unspecified atom stereocenters. The van der Waals surface area contributed by atoms with Crippen LogP contribution in [0.15, 0.2) is 18.2 Å². The fourth-order valence-electron chi connectivity index (χ4n) is 1.51. The largest absolute Gasteiger partial charge is 0.444 e. The van der Waals surface area contributed by atoms with Crippen LogP contribution in [0, 0.1) is 12.7 Å². The summed E-state index contributed by atoms with van der Waals surface area (Å²) in [7, 11) is 0. The molecule has 0 aliphatic heterocycles. The molecule has 21 heavy (non-hydrogen) atoms. The van der Waals surface area contributed by atoms with Crippen molar-refractivity contribution in [2.24, 2.45) is 0 Å². The number of rotatable bonds is 3. The van der Waals surface area contributed by atoms with Crippen molar-refractivity contribution in [1.82, 2.24) is 5.32 Å². The van der Waals surface area contributed by atoms with Crippen LogP contribution in [0.25, 0.3) is 0 Å². The van der Waals surface area contributed by atoms with E-state index in [1.807, 2.05) is 0 Å². The molecule has 1 atom stereocenters. The van der Waals surface area contributed by atoms with Crippen molar-refractivity contribution < 1.29 is 18.7 Å². The average molecular weight is 296 g/mol. The minimum atomic E-state index is -0.847. The molecule has 1 aromatic carbocycles. The van der Waals surface area contributed by atoms with E-state index in [1.165, 1.54) is 19.1 Å². The van der Waals surface area contributed by atoms with Crippen molar-refractivity contribution in [3.63, 3.8) is 0 Å². The standard InChI is InChI=1S/C15H21FN2O3/c1-9-6-7-12(11(16)8-9)18-13(19)10(2)17-14(20)21-15(3,4)5/h6-8,10H,1-5H3,(H,17,20)(H,18,19). The topological polar surface area (TPSA) is 67.4 Å². The molecule has 2 amide bonds. The molecule has 0 aliphatic rings. The number of benzene rings is 1. The van der Waals surface area contributed by atoms with Gasteiger partial charge in [0, 0.05) is 0 Å². The maximum atomic E-state index is 13.6. The van der Waals surface area contributed by atoms with Crippen LogP contribution < -0.4 is 10.6 Å². The van der Waals surface area contributed by atoms with Crippen LogP contribution in [0.2, 0.25) is 0 Å². The zero-order valence-electron chi connectivity index (χ0n) is 12.9. The monoisotopic (exact) mass is 296 g/mol. The molecule has 0 fully saturated rings. The number of nitrogens with one attached hydrogen (secondary N) is 2. The summed E-state index contributed by atoms with van der Waals surface area (Å²) in [5.41, 5.74) is 0.178. The molecule has 1 rings (SSSR count). The van der Waals surface area contributed by atoms with Gasteiger partial charge in [0.15, 0.2) is 0 Å². The second-order valence-electron chi connectivity index (χ2n) is 5.84. The molecule has 0 bridgehead atoms. The van der Waals surface area contributed by atoms with Crippen LogP contribution >= 0.6 is 0 Å². The number of halogens is 1. The Morgan fingerprint density at radius 2 is 1.90 bits per heavy atom. The van der Waals surface area contributed by atoms with E-state index in [0.717, 1.165) is 5.56 Å². The summed E-state index contributed by atoms with van der Waals surface area (Å²) in [5.74, 6) is -1.04. The van der Waals surface area contributed by atoms with E-state index in [9.17, 15) is 14.0 Å². The number of hydrogen-bond donors (Lipinski definition) is 2. The number of anilines is 1. The van der Waals surface area contributed by atoms with Gasteiger partial charge in [-0.15, -0.1) is 0 Å². The van der Waals surface area contributed by atoms with Crippen molar-refractivity contribution in [2.75, 3.05) is 5.32 Å².